The van der Waals surface area contributed by atoms with Gasteiger partial charge in [-0.1, -0.05) is 17.7 Å². The van der Waals surface area contributed by atoms with Crippen molar-refractivity contribution < 1.29 is 26.5 Å². The van der Waals surface area contributed by atoms with Crippen molar-refractivity contribution in [3.63, 3.8) is 0 Å². The maximum Gasteiger partial charge on any atom is 0.296 e. The maximum absolute atomic E-state index is 14.4. The highest BCUT2D eigenvalue weighted by molar-refractivity contribution is 7.86. The molecule has 0 aromatic heterocycles. The van der Waals surface area contributed by atoms with Crippen molar-refractivity contribution >= 4 is 10.1 Å². The molecule has 0 fully saturated rings. The molecule has 2 atom stereocenters. The largest absolute Gasteiger partial charge is 0.353 e. The fourth-order valence-electron chi connectivity index (χ4n) is 2.15. The predicted molar refractivity (Wildman–Crippen MR) is 90.1 cm³/mol. The maximum atomic E-state index is 14.4. The quantitative estimate of drug-likeness (QED) is 0.470. The summed E-state index contributed by atoms with van der Waals surface area (Å²) in [6, 6.07) is 6.30. The lowest BCUT2D eigenvalue weighted by molar-refractivity contribution is -0.208. The van der Waals surface area contributed by atoms with Crippen molar-refractivity contribution in [2.45, 2.75) is 64.0 Å². The molecule has 0 saturated heterocycles. The zero-order valence-electron chi connectivity index (χ0n) is 14.9. The first-order valence-electron chi connectivity index (χ1n) is 7.98. The van der Waals surface area contributed by atoms with Gasteiger partial charge < -0.3 is 9.47 Å². The van der Waals surface area contributed by atoms with Crippen LogP contribution in [0.25, 0.3) is 0 Å². The number of alkyl halides is 1. The molecule has 7 heteroatoms. The molecule has 5 nitrogen and oxygen atoms in total. The van der Waals surface area contributed by atoms with Crippen LogP contribution >= 0.6 is 0 Å². The summed E-state index contributed by atoms with van der Waals surface area (Å²) in [5.41, 5.74) is -0.161. The number of hydrogen-bond donors (Lipinski definition) is 0. The van der Waals surface area contributed by atoms with Crippen molar-refractivity contribution in [3.05, 3.63) is 29.8 Å². The molecule has 0 amide bonds. The molecule has 24 heavy (non-hydrogen) atoms. The summed E-state index contributed by atoms with van der Waals surface area (Å²) in [6.45, 7) is 8.78. The fraction of sp³-hybridized carbons (Fsp3) is 0.647. The summed E-state index contributed by atoms with van der Waals surface area (Å²) in [7, 11) is -3.88. The second-order valence-corrected chi connectivity index (χ2v) is 7.70. The molecule has 0 heterocycles. The monoisotopic (exact) mass is 362 g/mol. The van der Waals surface area contributed by atoms with Crippen LogP contribution in [0.3, 0.4) is 0 Å². The Hall–Kier alpha value is -1.02. The SMILES string of the molecule is CCOC(C)OC(C)(C)[C@H](F)CCOS(=O)(=O)c1ccc(C)cc1. The standard InChI is InChI=1S/C17H27FO5S/c1-6-21-14(3)23-17(4,5)16(18)11-12-22-24(19,20)15-9-7-13(2)8-10-15/h7-10,14,16H,6,11-12H2,1-5H3/t14?,16-/m1/s1. The predicted octanol–water partition coefficient (Wildman–Crippen LogP) is 3.61. The first kappa shape index (κ1) is 21.0. The Balaban J connectivity index is 2.54. The van der Waals surface area contributed by atoms with Crippen LogP contribution < -0.4 is 0 Å². The summed E-state index contributed by atoms with van der Waals surface area (Å²) in [5.74, 6) is 0. The van der Waals surface area contributed by atoms with E-state index in [0.29, 0.717) is 6.61 Å². The summed E-state index contributed by atoms with van der Waals surface area (Å²) < 4.78 is 54.1. The third kappa shape index (κ3) is 6.47. The second-order valence-electron chi connectivity index (χ2n) is 6.09. The van der Waals surface area contributed by atoms with Crippen molar-refractivity contribution in [2.24, 2.45) is 0 Å². The van der Waals surface area contributed by atoms with Crippen LogP contribution in [-0.2, 0) is 23.8 Å². The van der Waals surface area contributed by atoms with Crippen LogP contribution in [0.5, 0.6) is 0 Å². The number of ether oxygens (including phenoxy) is 2. The molecule has 0 radical (unpaired) electrons. The molecule has 0 aliphatic rings. The van der Waals surface area contributed by atoms with E-state index in [4.69, 9.17) is 13.7 Å². The van der Waals surface area contributed by atoms with Crippen LogP contribution in [0.4, 0.5) is 4.39 Å². The molecule has 0 aliphatic carbocycles. The summed E-state index contributed by atoms with van der Waals surface area (Å²) >= 11 is 0. The number of hydrogen-bond acceptors (Lipinski definition) is 5. The van der Waals surface area contributed by atoms with Crippen LogP contribution in [-0.4, -0.2) is 39.7 Å². The van der Waals surface area contributed by atoms with Crippen LogP contribution in [0, 0.1) is 6.92 Å². The first-order chi connectivity index (χ1) is 11.1. The van der Waals surface area contributed by atoms with Crippen LogP contribution in [0.15, 0.2) is 29.2 Å². The number of benzene rings is 1. The van der Waals surface area contributed by atoms with E-state index in [1.54, 1.807) is 32.9 Å². The number of rotatable bonds is 10. The Kier molecular flexibility index (Phi) is 7.79. The van der Waals surface area contributed by atoms with Crippen molar-refractivity contribution in [2.75, 3.05) is 13.2 Å². The second kappa shape index (κ2) is 8.89. The summed E-state index contributed by atoms with van der Waals surface area (Å²) in [4.78, 5) is 0.0592. The highest BCUT2D eigenvalue weighted by Gasteiger charge is 2.33. The number of halogens is 1. The summed E-state index contributed by atoms with van der Waals surface area (Å²) in [5, 5.41) is 0. The molecule has 1 rings (SSSR count). The smallest absolute Gasteiger partial charge is 0.296 e. The van der Waals surface area contributed by atoms with Gasteiger partial charge in [0, 0.05) is 13.0 Å². The van der Waals surface area contributed by atoms with Crippen molar-refractivity contribution in [1.82, 2.24) is 0 Å². The number of aryl methyl sites for hydroxylation is 1. The topological polar surface area (TPSA) is 61.8 Å². The Morgan fingerprint density at radius 2 is 1.79 bits per heavy atom. The molecular weight excluding hydrogens is 335 g/mol. The molecule has 0 bridgehead atoms. The van der Waals surface area contributed by atoms with Gasteiger partial charge in [-0.25, -0.2) is 4.39 Å². The van der Waals surface area contributed by atoms with E-state index in [1.807, 2.05) is 13.8 Å². The van der Waals surface area contributed by atoms with E-state index < -0.39 is 28.2 Å². The van der Waals surface area contributed by atoms with E-state index in [1.165, 1.54) is 12.1 Å². The van der Waals surface area contributed by atoms with E-state index in [-0.39, 0.29) is 17.9 Å². The van der Waals surface area contributed by atoms with Gasteiger partial charge in [0.25, 0.3) is 10.1 Å². The third-order valence-electron chi connectivity index (χ3n) is 3.54. The lowest BCUT2D eigenvalue weighted by atomic mass is 10.0. The Morgan fingerprint density at radius 1 is 1.21 bits per heavy atom. The molecule has 1 unspecified atom stereocenters. The molecule has 1 aromatic rings. The van der Waals surface area contributed by atoms with Gasteiger partial charge in [0.15, 0.2) is 6.29 Å². The molecule has 0 spiro atoms. The highest BCUT2D eigenvalue weighted by atomic mass is 32.2. The Bertz CT molecular complexity index is 598. The van der Waals surface area contributed by atoms with E-state index in [2.05, 4.69) is 0 Å². The van der Waals surface area contributed by atoms with E-state index >= 15 is 0 Å². The molecule has 0 N–H and O–H groups in total. The normalized spacial score (nSPS) is 15.2. The highest BCUT2D eigenvalue weighted by Crippen LogP contribution is 2.24. The molecule has 0 saturated carbocycles. The molecular formula is C17H27FO5S. The van der Waals surface area contributed by atoms with Gasteiger partial charge in [-0.05, 0) is 46.8 Å². The van der Waals surface area contributed by atoms with Gasteiger partial charge in [0.1, 0.15) is 6.17 Å². The van der Waals surface area contributed by atoms with Gasteiger partial charge in [-0.15, -0.1) is 0 Å². The first-order valence-corrected chi connectivity index (χ1v) is 9.39. The van der Waals surface area contributed by atoms with E-state index in [9.17, 15) is 12.8 Å². The van der Waals surface area contributed by atoms with Gasteiger partial charge >= 0.3 is 0 Å². The minimum absolute atomic E-state index is 0.0592. The zero-order chi connectivity index (χ0) is 18.4. The Labute approximate surface area is 144 Å². The van der Waals surface area contributed by atoms with E-state index in [0.717, 1.165) is 5.56 Å². The van der Waals surface area contributed by atoms with Crippen molar-refractivity contribution in [3.8, 4) is 0 Å². The lowest BCUT2D eigenvalue weighted by Crippen LogP contribution is -2.40. The third-order valence-corrected chi connectivity index (χ3v) is 4.87. The lowest BCUT2D eigenvalue weighted by Gasteiger charge is -2.31. The fourth-order valence-corrected chi connectivity index (χ4v) is 3.07. The summed E-state index contributed by atoms with van der Waals surface area (Å²) in [6.07, 6.45) is -2.04. The minimum Gasteiger partial charge on any atom is -0.353 e. The van der Waals surface area contributed by atoms with Gasteiger partial charge in [0.2, 0.25) is 0 Å². The van der Waals surface area contributed by atoms with Crippen molar-refractivity contribution in [1.29, 1.82) is 0 Å². The molecule has 1 aromatic carbocycles. The average molecular weight is 362 g/mol. The Morgan fingerprint density at radius 3 is 2.33 bits per heavy atom. The molecule has 0 aliphatic heterocycles. The van der Waals surface area contributed by atoms with Gasteiger partial charge in [0.05, 0.1) is 17.1 Å². The minimum atomic E-state index is -3.88. The van der Waals surface area contributed by atoms with Gasteiger partial charge in [-0.2, -0.15) is 8.42 Å². The van der Waals surface area contributed by atoms with Crippen LogP contribution in [0.2, 0.25) is 0 Å². The zero-order valence-corrected chi connectivity index (χ0v) is 15.7. The van der Waals surface area contributed by atoms with Gasteiger partial charge in [-0.3, -0.25) is 4.18 Å². The molecule has 138 valence electrons. The average Bonchev–Trinajstić information content (AvgIpc) is 2.47. The van der Waals surface area contributed by atoms with Crippen LogP contribution in [0.1, 0.15) is 39.7 Å².